The van der Waals surface area contributed by atoms with Gasteiger partial charge in [-0.1, -0.05) is 11.6 Å². The van der Waals surface area contributed by atoms with Crippen LogP contribution >= 0.6 is 38.9 Å². The van der Waals surface area contributed by atoms with E-state index in [0.29, 0.717) is 0 Å². The predicted molar refractivity (Wildman–Crippen MR) is 64.5 cm³/mol. The van der Waals surface area contributed by atoms with Crippen LogP contribution in [0.5, 0.6) is 0 Å². The van der Waals surface area contributed by atoms with Gasteiger partial charge in [-0.05, 0) is 40.2 Å². The predicted octanol–water partition coefficient (Wildman–Crippen LogP) is 4.30. The van der Waals surface area contributed by atoms with Gasteiger partial charge in [0.25, 0.3) is 0 Å². The van der Waals surface area contributed by atoms with E-state index in [0.717, 1.165) is 20.4 Å². The number of hydrogen-bond donors (Lipinski definition) is 1. The lowest BCUT2D eigenvalue weighted by molar-refractivity contribution is 1.35. The standard InChI is InChI=1S/C9H6BrClN2S/c10-8-5-14-9(13-8)12-7-3-1-6(11)2-4-7/h1-5H,(H,12,13). The Morgan fingerprint density at radius 1 is 1.29 bits per heavy atom. The summed E-state index contributed by atoms with van der Waals surface area (Å²) < 4.78 is 0.846. The molecule has 0 radical (unpaired) electrons. The molecule has 5 heteroatoms. The number of rotatable bonds is 2. The van der Waals surface area contributed by atoms with Gasteiger partial charge in [0.15, 0.2) is 5.13 Å². The average molecular weight is 290 g/mol. The van der Waals surface area contributed by atoms with Crippen LogP contribution in [0.25, 0.3) is 0 Å². The molecule has 1 aromatic carbocycles. The van der Waals surface area contributed by atoms with Gasteiger partial charge in [-0.25, -0.2) is 4.98 Å². The molecule has 1 N–H and O–H groups in total. The molecule has 0 unspecified atom stereocenters. The molecule has 1 heterocycles. The van der Waals surface area contributed by atoms with Crippen molar-refractivity contribution in [3.05, 3.63) is 39.3 Å². The quantitative estimate of drug-likeness (QED) is 0.891. The van der Waals surface area contributed by atoms with Gasteiger partial charge in [-0.15, -0.1) is 11.3 Å². The number of benzene rings is 1. The summed E-state index contributed by atoms with van der Waals surface area (Å²) >= 11 is 10.6. The molecule has 0 atom stereocenters. The fourth-order valence-electron chi connectivity index (χ4n) is 0.968. The van der Waals surface area contributed by atoms with Crippen LogP contribution in [0.4, 0.5) is 10.8 Å². The topological polar surface area (TPSA) is 24.9 Å². The van der Waals surface area contributed by atoms with Crippen molar-refractivity contribution in [3.8, 4) is 0 Å². The van der Waals surface area contributed by atoms with E-state index in [-0.39, 0.29) is 0 Å². The Hall–Kier alpha value is -0.580. The third-order valence-electron chi connectivity index (χ3n) is 1.57. The second-order valence-corrected chi connectivity index (χ2v) is 4.71. The van der Waals surface area contributed by atoms with E-state index in [9.17, 15) is 0 Å². The zero-order valence-electron chi connectivity index (χ0n) is 7.00. The first-order valence-electron chi connectivity index (χ1n) is 3.88. The van der Waals surface area contributed by atoms with Crippen molar-refractivity contribution in [2.24, 2.45) is 0 Å². The first-order valence-corrected chi connectivity index (χ1v) is 5.93. The van der Waals surface area contributed by atoms with Crippen LogP contribution in [0.15, 0.2) is 34.2 Å². The van der Waals surface area contributed by atoms with Crippen molar-refractivity contribution in [1.29, 1.82) is 0 Å². The van der Waals surface area contributed by atoms with Crippen molar-refractivity contribution in [2.75, 3.05) is 5.32 Å². The van der Waals surface area contributed by atoms with Gasteiger partial charge in [0, 0.05) is 16.1 Å². The first kappa shape index (κ1) is 9.96. The lowest BCUT2D eigenvalue weighted by atomic mass is 10.3. The molecule has 0 spiro atoms. The maximum Gasteiger partial charge on any atom is 0.188 e. The van der Waals surface area contributed by atoms with Crippen molar-refractivity contribution in [2.45, 2.75) is 0 Å². The normalized spacial score (nSPS) is 10.1. The van der Waals surface area contributed by atoms with Gasteiger partial charge in [0.2, 0.25) is 0 Å². The average Bonchev–Trinajstić information content (AvgIpc) is 2.56. The van der Waals surface area contributed by atoms with Crippen LogP contribution in [0, 0.1) is 0 Å². The van der Waals surface area contributed by atoms with Crippen LogP contribution in [0.1, 0.15) is 0 Å². The van der Waals surface area contributed by atoms with Crippen molar-refractivity contribution in [1.82, 2.24) is 4.98 Å². The third kappa shape index (κ3) is 2.47. The van der Waals surface area contributed by atoms with E-state index in [1.807, 2.05) is 29.6 Å². The van der Waals surface area contributed by atoms with Gasteiger partial charge in [0.05, 0.1) is 0 Å². The van der Waals surface area contributed by atoms with Gasteiger partial charge in [-0.2, -0.15) is 0 Å². The van der Waals surface area contributed by atoms with Gasteiger partial charge < -0.3 is 5.32 Å². The molecule has 72 valence electrons. The number of halogens is 2. The molecular weight excluding hydrogens is 284 g/mol. The molecular formula is C9H6BrClN2S. The summed E-state index contributed by atoms with van der Waals surface area (Å²) in [7, 11) is 0. The molecule has 2 aromatic rings. The summed E-state index contributed by atoms with van der Waals surface area (Å²) in [6, 6.07) is 7.51. The van der Waals surface area contributed by atoms with E-state index in [4.69, 9.17) is 11.6 Å². The Morgan fingerprint density at radius 2 is 2.00 bits per heavy atom. The number of aromatic nitrogens is 1. The number of nitrogens with one attached hydrogen (secondary N) is 1. The number of hydrogen-bond acceptors (Lipinski definition) is 3. The first-order chi connectivity index (χ1) is 6.74. The smallest absolute Gasteiger partial charge is 0.188 e. The highest BCUT2D eigenvalue weighted by molar-refractivity contribution is 9.10. The summed E-state index contributed by atoms with van der Waals surface area (Å²) in [5, 5.41) is 6.69. The van der Waals surface area contributed by atoms with Crippen LogP contribution in [0.2, 0.25) is 5.02 Å². The molecule has 2 nitrogen and oxygen atoms in total. The zero-order valence-corrected chi connectivity index (χ0v) is 10.2. The Labute approximate surface area is 99.1 Å². The minimum Gasteiger partial charge on any atom is -0.332 e. The largest absolute Gasteiger partial charge is 0.332 e. The molecule has 0 aliphatic heterocycles. The molecule has 14 heavy (non-hydrogen) atoms. The molecule has 0 amide bonds. The molecule has 2 rings (SSSR count). The molecule has 0 saturated carbocycles. The van der Waals surface area contributed by atoms with Gasteiger partial charge in [0.1, 0.15) is 4.60 Å². The number of nitrogens with zero attached hydrogens (tertiary/aromatic N) is 1. The lowest BCUT2D eigenvalue weighted by Gasteiger charge is -2.01. The van der Waals surface area contributed by atoms with E-state index in [1.165, 1.54) is 0 Å². The molecule has 0 fully saturated rings. The maximum atomic E-state index is 5.77. The summed E-state index contributed by atoms with van der Waals surface area (Å²) in [4.78, 5) is 4.22. The van der Waals surface area contributed by atoms with Crippen molar-refractivity contribution >= 4 is 49.7 Å². The van der Waals surface area contributed by atoms with Crippen molar-refractivity contribution in [3.63, 3.8) is 0 Å². The maximum absolute atomic E-state index is 5.77. The van der Waals surface area contributed by atoms with Crippen molar-refractivity contribution < 1.29 is 0 Å². The van der Waals surface area contributed by atoms with Gasteiger partial charge in [-0.3, -0.25) is 0 Å². The van der Waals surface area contributed by atoms with Gasteiger partial charge >= 0.3 is 0 Å². The summed E-state index contributed by atoms with van der Waals surface area (Å²) in [6.45, 7) is 0. The summed E-state index contributed by atoms with van der Waals surface area (Å²) in [5.74, 6) is 0. The van der Waals surface area contributed by atoms with Crippen LogP contribution in [-0.4, -0.2) is 4.98 Å². The fraction of sp³-hybridized carbons (Fsp3) is 0. The Balaban J connectivity index is 2.15. The fourth-order valence-corrected chi connectivity index (χ4v) is 2.26. The second-order valence-electron chi connectivity index (χ2n) is 2.61. The molecule has 0 bridgehead atoms. The minimum absolute atomic E-state index is 0.732. The Morgan fingerprint density at radius 3 is 2.57 bits per heavy atom. The van der Waals surface area contributed by atoms with E-state index >= 15 is 0 Å². The summed E-state index contributed by atoms with van der Waals surface area (Å²) in [5.41, 5.74) is 0.983. The Kier molecular flexibility index (Phi) is 3.05. The number of thiazole rings is 1. The highest BCUT2D eigenvalue weighted by Gasteiger charge is 1.99. The molecule has 0 aliphatic rings. The molecule has 1 aromatic heterocycles. The van der Waals surface area contributed by atoms with E-state index < -0.39 is 0 Å². The molecule has 0 saturated heterocycles. The van der Waals surface area contributed by atoms with Crippen LogP contribution in [0.3, 0.4) is 0 Å². The number of anilines is 2. The monoisotopic (exact) mass is 288 g/mol. The Bertz CT molecular complexity index is 427. The van der Waals surface area contributed by atoms with E-state index in [2.05, 4.69) is 26.2 Å². The van der Waals surface area contributed by atoms with Crippen LogP contribution in [-0.2, 0) is 0 Å². The third-order valence-corrected chi connectivity index (χ3v) is 3.29. The SMILES string of the molecule is Clc1ccc(Nc2nc(Br)cs2)cc1. The highest BCUT2D eigenvalue weighted by Crippen LogP contribution is 2.24. The van der Waals surface area contributed by atoms with E-state index in [1.54, 1.807) is 11.3 Å². The summed E-state index contributed by atoms with van der Waals surface area (Å²) in [6.07, 6.45) is 0. The lowest BCUT2D eigenvalue weighted by Crippen LogP contribution is -1.87. The van der Waals surface area contributed by atoms with Crippen LogP contribution < -0.4 is 5.32 Å². The zero-order chi connectivity index (χ0) is 9.97. The molecule has 0 aliphatic carbocycles. The highest BCUT2D eigenvalue weighted by atomic mass is 79.9. The minimum atomic E-state index is 0.732. The second kappa shape index (κ2) is 4.29.